The Morgan fingerprint density at radius 2 is 1.29 bits per heavy atom. The zero-order chi connectivity index (χ0) is 41.5. The first-order valence-corrected chi connectivity index (χ1v) is 20.0. The van der Waals surface area contributed by atoms with Gasteiger partial charge in [-0.15, -0.1) is 13.2 Å². The molecule has 4 aromatic carbocycles. The summed E-state index contributed by atoms with van der Waals surface area (Å²) in [5.41, 5.74) is 6.07. The van der Waals surface area contributed by atoms with Crippen LogP contribution in [0.15, 0.2) is 104 Å². The number of amides is 1. The van der Waals surface area contributed by atoms with Gasteiger partial charge < -0.3 is 14.7 Å². The number of benzene rings is 4. The van der Waals surface area contributed by atoms with Gasteiger partial charge in [0.25, 0.3) is 0 Å². The number of halogens is 2. The van der Waals surface area contributed by atoms with E-state index in [1.165, 1.54) is 18.6 Å². The molecule has 1 amide bonds. The lowest BCUT2D eigenvalue weighted by atomic mass is 9.98. The molecule has 0 aliphatic heterocycles. The van der Waals surface area contributed by atoms with Gasteiger partial charge in [0.2, 0.25) is 5.91 Å². The first kappa shape index (κ1) is 48.4. The second-order valence-corrected chi connectivity index (χ2v) is 13.1. The van der Waals surface area contributed by atoms with Gasteiger partial charge in [0.15, 0.2) is 17.4 Å². The number of rotatable bonds is 17. The third kappa shape index (κ3) is 14.9. The highest BCUT2D eigenvalue weighted by Gasteiger charge is 2.25. The number of para-hydroxylation sites is 1. The van der Waals surface area contributed by atoms with Gasteiger partial charge in [-0.2, -0.15) is 0 Å². The molecule has 4 aromatic rings. The maximum atomic E-state index is 14.5. The van der Waals surface area contributed by atoms with Crippen LogP contribution in [-0.4, -0.2) is 60.3 Å². The number of anilines is 1. The summed E-state index contributed by atoms with van der Waals surface area (Å²) in [5.74, 6) is -1.42. The Kier molecular flexibility index (Phi) is 23.1. The largest absolute Gasteiger partial charge is 0.359 e. The topological polar surface area (TPSA) is 43.9 Å². The Labute approximate surface area is 332 Å². The summed E-state index contributed by atoms with van der Waals surface area (Å²) in [6, 6.07) is 28.3. The predicted octanol–water partition coefficient (Wildman–Crippen LogP) is 12.0. The molecule has 0 heterocycles. The van der Waals surface area contributed by atoms with Crippen LogP contribution in [0.25, 0.3) is 11.1 Å². The molecule has 0 spiro atoms. The van der Waals surface area contributed by atoms with E-state index in [4.69, 9.17) is 0 Å². The van der Waals surface area contributed by atoms with E-state index in [9.17, 15) is 18.4 Å². The third-order valence-corrected chi connectivity index (χ3v) is 9.46. The number of likely N-dealkylation sites (N-methyl/N-ethyl adjacent to an activating group) is 1. The molecule has 0 N–H and O–H groups in total. The molecule has 1 unspecified atom stereocenters. The zero-order valence-electron chi connectivity index (χ0n) is 35.3. The van der Waals surface area contributed by atoms with Crippen LogP contribution in [-0.2, 0) is 17.8 Å². The second-order valence-electron chi connectivity index (χ2n) is 13.1. The molecule has 7 heteroatoms. The summed E-state index contributed by atoms with van der Waals surface area (Å²) >= 11 is 0. The molecule has 0 fully saturated rings. The Morgan fingerprint density at radius 3 is 1.84 bits per heavy atom. The maximum absolute atomic E-state index is 14.5. The van der Waals surface area contributed by atoms with Crippen LogP contribution in [0.3, 0.4) is 0 Å². The summed E-state index contributed by atoms with van der Waals surface area (Å²) in [6.45, 7) is 29.6. The van der Waals surface area contributed by atoms with Crippen LogP contribution in [0.5, 0.6) is 0 Å². The minimum Gasteiger partial charge on any atom is -0.359 e. The molecule has 1 atom stereocenters. The van der Waals surface area contributed by atoms with E-state index in [1.807, 2.05) is 62.6 Å². The van der Waals surface area contributed by atoms with E-state index in [-0.39, 0.29) is 36.3 Å². The van der Waals surface area contributed by atoms with Gasteiger partial charge in [-0.3, -0.25) is 9.59 Å². The SMILES string of the molecule is C=C.CC.CC.CCN(CC)CCN(Cc1ccc(-c2ccc(C(C)C)cc2)cc1)C(=O)CN(c1ccccc1C(C)=O)C(C)CCc1cccc(F)c1F. The molecular weight excluding hydrogens is 689 g/mol. The van der Waals surface area contributed by atoms with Crippen molar-refractivity contribution in [2.45, 2.75) is 101 Å². The lowest BCUT2D eigenvalue weighted by Gasteiger charge is -2.35. The smallest absolute Gasteiger partial charge is 0.242 e. The summed E-state index contributed by atoms with van der Waals surface area (Å²) in [4.78, 5) is 33.2. The van der Waals surface area contributed by atoms with Gasteiger partial charge in [-0.1, -0.05) is 128 Å². The van der Waals surface area contributed by atoms with Crippen LogP contribution in [0, 0.1) is 11.6 Å². The van der Waals surface area contributed by atoms with Crippen molar-refractivity contribution in [3.05, 3.63) is 138 Å². The van der Waals surface area contributed by atoms with E-state index in [1.54, 1.807) is 12.1 Å². The molecule has 0 aliphatic rings. The molecule has 300 valence electrons. The van der Waals surface area contributed by atoms with Crippen molar-refractivity contribution in [2.24, 2.45) is 0 Å². The highest BCUT2D eigenvalue weighted by Crippen LogP contribution is 2.27. The summed E-state index contributed by atoms with van der Waals surface area (Å²) in [7, 11) is 0. The first-order valence-electron chi connectivity index (χ1n) is 20.0. The van der Waals surface area contributed by atoms with Gasteiger partial charge in [-0.25, -0.2) is 8.78 Å². The minimum atomic E-state index is -0.875. The van der Waals surface area contributed by atoms with E-state index >= 15 is 0 Å². The molecule has 0 saturated heterocycles. The Bertz CT molecular complexity index is 1680. The van der Waals surface area contributed by atoms with Crippen molar-refractivity contribution < 1.29 is 18.4 Å². The minimum absolute atomic E-state index is 0.0373. The number of hydrogen-bond donors (Lipinski definition) is 0. The average Bonchev–Trinajstić information content (AvgIpc) is 3.22. The highest BCUT2D eigenvalue weighted by atomic mass is 19.2. The van der Waals surface area contributed by atoms with Gasteiger partial charge >= 0.3 is 0 Å². The quantitative estimate of drug-likeness (QED) is 0.0795. The van der Waals surface area contributed by atoms with Crippen molar-refractivity contribution >= 4 is 17.4 Å². The zero-order valence-corrected chi connectivity index (χ0v) is 35.3. The van der Waals surface area contributed by atoms with Crippen molar-refractivity contribution in [1.29, 1.82) is 0 Å². The number of carbonyl (C=O) groups excluding carboxylic acids is 2. The van der Waals surface area contributed by atoms with Crippen LogP contribution in [0.1, 0.15) is 109 Å². The van der Waals surface area contributed by atoms with Gasteiger partial charge in [-0.05, 0) is 91.7 Å². The molecular formula is C48H67F2N3O2. The molecule has 0 radical (unpaired) electrons. The van der Waals surface area contributed by atoms with Gasteiger partial charge in [0.05, 0.1) is 6.54 Å². The highest BCUT2D eigenvalue weighted by molar-refractivity contribution is 6.00. The Balaban J connectivity index is 0.00000240. The van der Waals surface area contributed by atoms with E-state index < -0.39 is 11.6 Å². The Hall–Kier alpha value is -4.62. The fourth-order valence-electron chi connectivity index (χ4n) is 6.19. The third-order valence-electron chi connectivity index (χ3n) is 9.46. The lowest BCUT2D eigenvalue weighted by molar-refractivity contribution is -0.130. The standard InChI is InChI=1S/C42H51F2N3O2.2C2H6.C2H4/c1-7-45(8-2)26-27-46(28-33-17-20-35(21-18-33)36-24-22-34(23-25-36)30(3)4)41(49)29-47(40-15-10-9-13-38(40)32(6)48)31(5)16-19-37-12-11-14-39(43)42(37)44;3*1-2/h9-15,17-18,20-25,30-31H,7-8,16,19,26-29H2,1-6H3;2*1-2H3;1-2H2. The summed E-state index contributed by atoms with van der Waals surface area (Å²) in [5, 5.41) is 0. The van der Waals surface area contributed by atoms with Crippen molar-refractivity contribution in [1.82, 2.24) is 9.80 Å². The van der Waals surface area contributed by atoms with Crippen molar-refractivity contribution in [3.63, 3.8) is 0 Å². The molecule has 0 saturated carbocycles. The first-order chi connectivity index (χ1) is 26.5. The molecule has 0 aromatic heterocycles. The predicted molar refractivity (Wildman–Crippen MR) is 231 cm³/mol. The van der Waals surface area contributed by atoms with Crippen molar-refractivity contribution in [3.8, 4) is 11.1 Å². The van der Waals surface area contributed by atoms with E-state index in [0.29, 0.717) is 36.7 Å². The fourth-order valence-corrected chi connectivity index (χ4v) is 6.19. The maximum Gasteiger partial charge on any atom is 0.242 e. The second kappa shape index (κ2) is 26.2. The number of aryl methyl sites for hydroxylation is 1. The fraction of sp³-hybridized carbons (Fsp3) is 0.417. The number of hydrogen-bond acceptors (Lipinski definition) is 4. The molecule has 5 nitrogen and oxygen atoms in total. The van der Waals surface area contributed by atoms with Crippen LogP contribution >= 0.6 is 0 Å². The average molecular weight is 756 g/mol. The van der Waals surface area contributed by atoms with Gasteiger partial charge in [0, 0.05) is 36.9 Å². The normalized spacial score (nSPS) is 10.9. The number of nitrogens with zero attached hydrogens (tertiary/aromatic N) is 3. The van der Waals surface area contributed by atoms with E-state index in [2.05, 4.69) is 94.3 Å². The molecule has 0 bridgehead atoms. The molecule has 55 heavy (non-hydrogen) atoms. The van der Waals surface area contributed by atoms with Crippen molar-refractivity contribution in [2.75, 3.05) is 37.6 Å². The van der Waals surface area contributed by atoms with Crippen LogP contribution in [0.4, 0.5) is 14.5 Å². The van der Waals surface area contributed by atoms with Crippen LogP contribution < -0.4 is 4.90 Å². The van der Waals surface area contributed by atoms with Gasteiger partial charge in [0.1, 0.15) is 0 Å². The lowest BCUT2D eigenvalue weighted by Crippen LogP contribution is -2.46. The summed E-state index contributed by atoms with van der Waals surface area (Å²) < 4.78 is 28.5. The Morgan fingerprint density at radius 1 is 0.727 bits per heavy atom. The molecule has 4 rings (SSSR count). The molecule has 0 aliphatic carbocycles. The number of Topliss-reactive ketones (excluding diaryl/α,β-unsaturated/α-hetero) is 1. The monoisotopic (exact) mass is 756 g/mol. The van der Waals surface area contributed by atoms with E-state index in [0.717, 1.165) is 42.4 Å². The summed E-state index contributed by atoms with van der Waals surface area (Å²) in [6.07, 6.45) is 0.745. The van der Waals surface area contributed by atoms with Crippen LogP contribution in [0.2, 0.25) is 0 Å². The number of carbonyl (C=O) groups is 2. The number of ketones is 1.